The van der Waals surface area contributed by atoms with Crippen LogP contribution in [-0.2, 0) is 19.1 Å². The number of cyclic esters (lactones) is 2. The summed E-state index contributed by atoms with van der Waals surface area (Å²) in [7, 11) is 0. The van der Waals surface area contributed by atoms with Gasteiger partial charge in [-0.3, -0.25) is 4.79 Å². The maximum atomic E-state index is 10.7. The minimum absolute atomic E-state index is 0.181. The van der Waals surface area contributed by atoms with E-state index in [4.69, 9.17) is 0 Å². The molecule has 1 fully saturated rings. The van der Waals surface area contributed by atoms with E-state index in [0.717, 1.165) is 0 Å². The van der Waals surface area contributed by atoms with Crippen LogP contribution >= 0.6 is 0 Å². The Morgan fingerprint density at radius 3 is 2.75 bits per heavy atom. The van der Waals surface area contributed by atoms with Gasteiger partial charge in [0, 0.05) is 6.92 Å². The predicted octanol–water partition coefficient (Wildman–Crippen LogP) is -0.816. The van der Waals surface area contributed by atoms with Gasteiger partial charge in [0.25, 0.3) is 0 Å². The molecule has 0 spiro atoms. The van der Waals surface area contributed by atoms with Gasteiger partial charge in [-0.2, -0.15) is 0 Å². The van der Waals surface area contributed by atoms with E-state index in [1.54, 1.807) is 0 Å². The average molecular weight is 173 g/mol. The fourth-order valence-corrected chi connectivity index (χ4v) is 0.704. The molecule has 1 heterocycles. The van der Waals surface area contributed by atoms with E-state index in [0.29, 0.717) is 0 Å². The molecular formula is C6H7NO5. The highest BCUT2D eigenvalue weighted by Crippen LogP contribution is 2.00. The summed E-state index contributed by atoms with van der Waals surface area (Å²) in [6.07, 6.45) is -0.808. The van der Waals surface area contributed by atoms with Gasteiger partial charge in [0.05, 0.1) is 0 Å². The van der Waals surface area contributed by atoms with Gasteiger partial charge in [0.2, 0.25) is 0 Å². The molecule has 1 N–H and O–H groups in total. The van der Waals surface area contributed by atoms with Crippen LogP contribution in [0.25, 0.3) is 0 Å². The normalized spacial score (nSPS) is 21.6. The molecule has 1 atom stereocenters. The molecule has 1 amide bonds. The molecular weight excluding hydrogens is 166 g/mol. The van der Waals surface area contributed by atoms with E-state index in [1.807, 2.05) is 0 Å². The molecule has 0 bridgehead atoms. The maximum absolute atomic E-state index is 10.7. The van der Waals surface area contributed by atoms with E-state index in [-0.39, 0.29) is 6.61 Å². The molecule has 1 aliphatic heterocycles. The molecule has 0 aliphatic carbocycles. The van der Waals surface area contributed by atoms with Crippen molar-refractivity contribution in [1.82, 2.24) is 5.32 Å². The zero-order valence-corrected chi connectivity index (χ0v) is 6.33. The Kier molecular flexibility index (Phi) is 2.27. The fourth-order valence-electron chi connectivity index (χ4n) is 0.704. The molecule has 1 unspecified atom stereocenters. The number of alkyl carbamates (subject to hydrolysis) is 1. The quantitative estimate of drug-likeness (QED) is 0.436. The zero-order valence-electron chi connectivity index (χ0n) is 6.33. The minimum Gasteiger partial charge on any atom is -0.463 e. The molecule has 0 aromatic carbocycles. The van der Waals surface area contributed by atoms with Gasteiger partial charge in [-0.25, -0.2) is 9.59 Å². The van der Waals surface area contributed by atoms with Gasteiger partial charge in [-0.05, 0) is 0 Å². The summed E-state index contributed by atoms with van der Waals surface area (Å²) in [5.41, 5.74) is 0. The number of esters is 2. The summed E-state index contributed by atoms with van der Waals surface area (Å²) in [5, 5.41) is 2.17. The second-order valence-electron chi connectivity index (χ2n) is 2.21. The Bertz CT molecular complexity index is 236. The monoisotopic (exact) mass is 173 g/mol. The van der Waals surface area contributed by atoms with Gasteiger partial charge in [0.1, 0.15) is 6.61 Å². The van der Waals surface area contributed by atoms with Crippen LogP contribution in [0.2, 0.25) is 0 Å². The Morgan fingerprint density at radius 1 is 1.67 bits per heavy atom. The van der Waals surface area contributed by atoms with Crippen molar-refractivity contribution in [3.8, 4) is 0 Å². The predicted molar refractivity (Wildman–Crippen MR) is 35.0 cm³/mol. The zero-order chi connectivity index (χ0) is 9.14. The second kappa shape index (κ2) is 3.21. The Labute approximate surface area is 67.8 Å². The maximum Gasteiger partial charge on any atom is 0.415 e. The number of hydrogen-bond donors (Lipinski definition) is 1. The van der Waals surface area contributed by atoms with Crippen molar-refractivity contribution >= 4 is 18.0 Å². The van der Waals surface area contributed by atoms with Crippen LogP contribution in [-0.4, -0.2) is 30.7 Å². The molecule has 0 saturated carbocycles. The fraction of sp³-hybridized carbons (Fsp3) is 0.500. The van der Waals surface area contributed by atoms with Crippen molar-refractivity contribution in [2.45, 2.75) is 13.0 Å². The lowest BCUT2D eigenvalue weighted by atomic mass is 10.3. The molecule has 1 rings (SSSR count). The highest BCUT2D eigenvalue weighted by molar-refractivity contribution is 5.95. The molecule has 6 nitrogen and oxygen atoms in total. The second-order valence-corrected chi connectivity index (χ2v) is 2.21. The lowest BCUT2D eigenvalue weighted by Crippen LogP contribution is -2.34. The molecule has 0 aromatic rings. The summed E-state index contributed by atoms with van der Waals surface area (Å²) < 4.78 is 8.62. The van der Waals surface area contributed by atoms with Crippen LogP contribution in [0.15, 0.2) is 0 Å². The van der Waals surface area contributed by atoms with Crippen LogP contribution in [0.1, 0.15) is 6.92 Å². The lowest BCUT2D eigenvalue weighted by Gasteiger charge is -2.04. The van der Waals surface area contributed by atoms with Crippen molar-refractivity contribution in [1.29, 1.82) is 0 Å². The lowest BCUT2D eigenvalue weighted by molar-refractivity contribution is -0.144. The summed E-state index contributed by atoms with van der Waals surface area (Å²) in [6, 6.07) is -0.860. The third-order valence-electron chi connectivity index (χ3n) is 1.22. The molecule has 12 heavy (non-hydrogen) atoms. The van der Waals surface area contributed by atoms with Crippen molar-refractivity contribution in [2.24, 2.45) is 0 Å². The molecule has 1 aliphatic rings. The van der Waals surface area contributed by atoms with Crippen LogP contribution in [0.3, 0.4) is 0 Å². The van der Waals surface area contributed by atoms with Gasteiger partial charge < -0.3 is 14.8 Å². The first-order chi connectivity index (χ1) is 5.59. The number of amides is 1. The van der Waals surface area contributed by atoms with Crippen molar-refractivity contribution in [3.63, 3.8) is 0 Å². The third kappa shape index (κ3) is 1.94. The van der Waals surface area contributed by atoms with Crippen molar-refractivity contribution < 1.29 is 23.9 Å². The summed E-state index contributed by atoms with van der Waals surface area (Å²) in [6.45, 7) is 1.03. The molecule has 66 valence electrons. The number of nitrogens with one attached hydrogen (secondary N) is 1. The van der Waals surface area contributed by atoms with Crippen molar-refractivity contribution in [2.75, 3.05) is 6.61 Å². The first-order valence-corrected chi connectivity index (χ1v) is 3.25. The van der Waals surface area contributed by atoms with Crippen LogP contribution in [0.4, 0.5) is 4.79 Å². The van der Waals surface area contributed by atoms with E-state index >= 15 is 0 Å². The Hall–Kier alpha value is -1.59. The average Bonchev–Trinajstić information content (AvgIpc) is 2.26. The number of rotatable bonds is 2. The number of carbonyl (C=O) groups excluding carboxylic acids is 3. The van der Waals surface area contributed by atoms with E-state index in [9.17, 15) is 14.4 Å². The third-order valence-corrected chi connectivity index (χ3v) is 1.22. The van der Waals surface area contributed by atoms with Gasteiger partial charge in [-0.1, -0.05) is 0 Å². The molecule has 0 aromatic heterocycles. The highest BCUT2D eigenvalue weighted by Gasteiger charge is 2.32. The Morgan fingerprint density at radius 2 is 2.33 bits per heavy atom. The van der Waals surface area contributed by atoms with Crippen LogP contribution in [0, 0.1) is 0 Å². The summed E-state index contributed by atoms with van der Waals surface area (Å²) in [4.78, 5) is 31.4. The first kappa shape index (κ1) is 8.51. The largest absolute Gasteiger partial charge is 0.463 e. The molecule has 6 heteroatoms. The number of ether oxygens (including phenoxy) is 2. The number of hydrogen-bond acceptors (Lipinski definition) is 5. The standard InChI is InChI=1S/C6H7NO5/c1-3(8)11-2-4-5(9)12-6(10)7-4/h4H,2H2,1H3,(H,7,10). The minimum atomic E-state index is -0.860. The van der Waals surface area contributed by atoms with E-state index in [2.05, 4.69) is 14.8 Å². The summed E-state index contributed by atoms with van der Waals surface area (Å²) >= 11 is 0. The topological polar surface area (TPSA) is 81.7 Å². The molecule has 0 radical (unpaired) electrons. The number of carbonyl (C=O) groups is 3. The van der Waals surface area contributed by atoms with Crippen LogP contribution in [0.5, 0.6) is 0 Å². The van der Waals surface area contributed by atoms with E-state index < -0.39 is 24.1 Å². The van der Waals surface area contributed by atoms with Crippen molar-refractivity contribution in [3.05, 3.63) is 0 Å². The summed E-state index contributed by atoms with van der Waals surface area (Å²) in [5.74, 6) is -1.23. The van der Waals surface area contributed by atoms with Crippen LogP contribution < -0.4 is 5.32 Å². The van der Waals surface area contributed by atoms with Gasteiger partial charge in [0.15, 0.2) is 6.04 Å². The smallest absolute Gasteiger partial charge is 0.415 e. The molecule has 1 saturated heterocycles. The van der Waals surface area contributed by atoms with E-state index in [1.165, 1.54) is 6.92 Å². The highest BCUT2D eigenvalue weighted by atomic mass is 16.6. The SMILES string of the molecule is CC(=O)OCC1NC(=O)OC1=O. The first-order valence-electron chi connectivity index (χ1n) is 3.25. The Balaban J connectivity index is 2.38. The van der Waals surface area contributed by atoms with Gasteiger partial charge >= 0.3 is 18.0 Å². The van der Waals surface area contributed by atoms with Gasteiger partial charge in [-0.15, -0.1) is 0 Å².